The molecule has 0 aliphatic heterocycles. The average Bonchev–Trinajstić information content (AvgIpc) is 3.01. The van der Waals surface area contributed by atoms with Gasteiger partial charge in [-0.1, -0.05) is 23.7 Å². The van der Waals surface area contributed by atoms with E-state index in [1.165, 1.54) is 12.1 Å². The lowest BCUT2D eigenvalue weighted by atomic mass is 10.2. The molecule has 0 atom stereocenters. The fraction of sp³-hybridized carbons (Fsp3) is 0.0625. The molecule has 0 spiro atoms. The van der Waals surface area contributed by atoms with Crippen LogP contribution in [0.1, 0.15) is 5.56 Å². The van der Waals surface area contributed by atoms with Crippen LogP contribution >= 0.6 is 23.8 Å². The fourth-order valence-electron chi connectivity index (χ4n) is 2.24. The van der Waals surface area contributed by atoms with Crippen LogP contribution in [-0.4, -0.2) is 28.3 Å². The van der Waals surface area contributed by atoms with Gasteiger partial charge in [0.2, 0.25) is 16.0 Å². The molecule has 0 saturated heterocycles. The highest BCUT2D eigenvalue weighted by Crippen LogP contribution is 2.14. The molecule has 0 radical (unpaired) electrons. The van der Waals surface area contributed by atoms with Crippen molar-refractivity contribution >= 4 is 50.6 Å². The molecule has 0 amide bonds. The highest BCUT2D eigenvalue weighted by atomic mass is 35.5. The predicted octanol–water partition coefficient (Wildman–Crippen LogP) is 2.44. The van der Waals surface area contributed by atoms with Gasteiger partial charge in [0.15, 0.2) is 5.11 Å². The van der Waals surface area contributed by atoms with Crippen LogP contribution in [-0.2, 0) is 16.6 Å². The molecule has 0 saturated carbocycles. The van der Waals surface area contributed by atoms with Crippen LogP contribution in [0.25, 0.3) is 0 Å². The summed E-state index contributed by atoms with van der Waals surface area (Å²) < 4.78 is 24.2. The molecule has 8 nitrogen and oxygen atoms in total. The first-order valence-electron chi connectivity index (χ1n) is 7.64. The summed E-state index contributed by atoms with van der Waals surface area (Å²) in [5.74, 6) is 0.329. The molecule has 1 heterocycles. The monoisotopic (exact) mass is 422 g/mol. The minimum Gasteiger partial charge on any atom is -0.332 e. The van der Waals surface area contributed by atoms with Crippen molar-refractivity contribution in [2.45, 2.75) is 11.4 Å². The van der Waals surface area contributed by atoms with Gasteiger partial charge in [-0.25, -0.2) is 23.2 Å². The second kappa shape index (κ2) is 8.01. The summed E-state index contributed by atoms with van der Waals surface area (Å²) in [6.45, 7) is 0.518. The second-order valence-electron chi connectivity index (χ2n) is 5.54. The lowest BCUT2D eigenvalue weighted by Crippen LogP contribution is -2.20. The number of aromatic nitrogens is 3. The molecule has 11 heteroatoms. The van der Waals surface area contributed by atoms with Gasteiger partial charge >= 0.3 is 0 Å². The van der Waals surface area contributed by atoms with Crippen molar-refractivity contribution < 1.29 is 8.42 Å². The average molecular weight is 423 g/mol. The first kappa shape index (κ1) is 19.2. The number of sulfonamides is 1. The summed E-state index contributed by atoms with van der Waals surface area (Å²) in [6, 6.07) is 13.4. The zero-order valence-electron chi connectivity index (χ0n) is 13.8. The number of thiocarbonyl (C=S) groups is 1. The van der Waals surface area contributed by atoms with Crippen LogP contribution < -0.4 is 15.8 Å². The zero-order valence-corrected chi connectivity index (χ0v) is 16.2. The number of primary sulfonamides is 1. The molecule has 0 fully saturated rings. The molecule has 3 rings (SSSR count). The van der Waals surface area contributed by atoms with Crippen molar-refractivity contribution in [3.8, 4) is 0 Å². The standard InChI is InChI=1S/C16H15ClN6O2S2/c17-12-3-1-2-11(8-12)9-23-10-19-15(22-23)21-16(26)20-13-4-6-14(7-5-13)27(18,24)25/h1-8,10H,9H2,(H2,18,24,25)(H2,20,21,22,26). The van der Waals surface area contributed by atoms with E-state index in [0.717, 1.165) is 5.56 Å². The first-order chi connectivity index (χ1) is 12.8. The minimum atomic E-state index is -3.73. The van der Waals surface area contributed by atoms with Crippen LogP contribution in [0.15, 0.2) is 59.8 Å². The number of rotatable bonds is 5. The van der Waals surface area contributed by atoms with Crippen molar-refractivity contribution in [3.05, 3.63) is 65.4 Å². The molecule has 0 unspecified atom stereocenters. The third-order valence-electron chi connectivity index (χ3n) is 3.44. The van der Waals surface area contributed by atoms with E-state index in [2.05, 4.69) is 20.7 Å². The normalized spacial score (nSPS) is 11.2. The Morgan fingerprint density at radius 2 is 1.93 bits per heavy atom. The molecule has 4 N–H and O–H groups in total. The van der Waals surface area contributed by atoms with E-state index >= 15 is 0 Å². The summed E-state index contributed by atoms with van der Waals surface area (Å²) in [5, 5.41) is 16.0. The van der Waals surface area contributed by atoms with Crippen molar-refractivity contribution in [2.24, 2.45) is 5.14 Å². The van der Waals surface area contributed by atoms with E-state index in [9.17, 15) is 8.42 Å². The molecule has 1 aromatic heterocycles. The molecule has 3 aromatic rings. The molecule has 0 aliphatic carbocycles. The van der Waals surface area contributed by atoms with Gasteiger partial charge in [-0.05, 0) is 54.2 Å². The van der Waals surface area contributed by atoms with Gasteiger partial charge in [-0.2, -0.15) is 0 Å². The predicted molar refractivity (Wildman–Crippen MR) is 108 cm³/mol. The Hall–Kier alpha value is -2.53. The van der Waals surface area contributed by atoms with Gasteiger partial charge in [0.1, 0.15) is 6.33 Å². The number of benzene rings is 2. The summed E-state index contributed by atoms with van der Waals surface area (Å²) in [6.07, 6.45) is 1.58. The Kier molecular flexibility index (Phi) is 5.71. The van der Waals surface area contributed by atoms with E-state index in [-0.39, 0.29) is 10.0 Å². The molecular weight excluding hydrogens is 408 g/mol. The molecule has 140 valence electrons. The molecule has 0 bridgehead atoms. The number of halogens is 1. The zero-order chi connectivity index (χ0) is 19.4. The third-order valence-corrected chi connectivity index (χ3v) is 4.80. The van der Waals surface area contributed by atoms with Crippen LogP contribution in [0.5, 0.6) is 0 Å². The van der Waals surface area contributed by atoms with Gasteiger partial charge in [-0.15, -0.1) is 5.10 Å². The Bertz CT molecular complexity index is 1070. The van der Waals surface area contributed by atoms with Crippen molar-refractivity contribution in [2.75, 3.05) is 10.6 Å². The maximum absolute atomic E-state index is 11.3. The largest absolute Gasteiger partial charge is 0.332 e. The summed E-state index contributed by atoms with van der Waals surface area (Å²) in [7, 11) is -3.73. The van der Waals surface area contributed by atoms with Crippen LogP contribution in [0, 0.1) is 0 Å². The van der Waals surface area contributed by atoms with Gasteiger partial charge in [-0.3, -0.25) is 5.32 Å². The highest BCUT2D eigenvalue weighted by Gasteiger charge is 2.08. The molecular formula is C16H15ClN6O2S2. The van der Waals surface area contributed by atoms with Crippen molar-refractivity contribution in [1.29, 1.82) is 0 Å². The fourth-order valence-corrected chi connectivity index (χ4v) is 3.18. The van der Waals surface area contributed by atoms with Crippen LogP contribution in [0.2, 0.25) is 5.02 Å². The van der Waals surface area contributed by atoms with E-state index in [0.29, 0.717) is 23.2 Å². The lowest BCUT2D eigenvalue weighted by molar-refractivity contribution is 0.598. The van der Waals surface area contributed by atoms with E-state index < -0.39 is 10.0 Å². The Morgan fingerprint density at radius 3 is 2.59 bits per heavy atom. The van der Waals surface area contributed by atoms with Crippen LogP contribution in [0.3, 0.4) is 0 Å². The molecule has 27 heavy (non-hydrogen) atoms. The number of nitrogens with zero attached hydrogens (tertiary/aromatic N) is 3. The Labute approximate surface area is 166 Å². The third kappa shape index (κ3) is 5.47. The quantitative estimate of drug-likeness (QED) is 0.541. The number of hydrogen-bond donors (Lipinski definition) is 3. The van der Waals surface area contributed by atoms with E-state index in [4.69, 9.17) is 29.0 Å². The number of anilines is 2. The van der Waals surface area contributed by atoms with Gasteiger partial charge < -0.3 is 5.32 Å². The maximum atomic E-state index is 11.3. The summed E-state index contributed by atoms with van der Waals surface area (Å²) in [4.78, 5) is 4.17. The number of nitrogens with one attached hydrogen (secondary N) is 2. The molecule has 2 aromatic carbocycles. The number of hydrogen-bond acceptors (Lipinski definition) is 5. The Morgan fingerprint density at radius 1 is 1.19 bits per heavy atom. The number of nitrogens with two attached hydrogens (primary N) is 1. The first-order valence-corrected chi connectivity index (χ1v) is 9.97. The van der Waals surface area contributed by atoms with E-state index in [1.807, 2.05) is 18.2 Å². The van der Waals surface area contributed by atoms with Gasteiger partial charge in [0.05, 0.1) is 11.4 Å². The van der Waals surface area contributed by atoms with Crippen LogP contribution in [0.4, 0.5) is 11.6 Å². The maximum Gasteiger partial charge on any atom is 0.248 e. The summed E-state index contributed by atoms with van der Waals surface area (Å²) in [5.41, 5.74) is 1.59. The Balaban J connectivity index is 1.59. The minimum absolute atomic E-state index is 0.0216. The van der Waals surface area contributed by atoms with E-state index in [1.54, 1.807) is 29.2 Å². The van der Waals surface area contributed by atoms with Crippen molar-refractivity contribution in [3.63, 3.8) is 0 Å². The molecule has 0 aliphatic rings. The van der Waals surface area contributed by atoms with Crippen molar-refractivity contribution in [1.82, 2.24) is 14.8 Å². The summed E-state index contributed by atoms with van der Waals surface area (Å²) >= 11 is 11.2. The SMILES string of the molecule is NS(=O)(=O)c1ccc(NC(=S)Nc2ncn(Cc3cccc(Cl)c3)n2)cc1. The topological polar surface area (TPSA) is 115 Å². The van der Waals surface area contributed by atoms with Gasteiger partial charge in [0.25, 0.3) is 0 Å². The second-order valence-corrected chi connectivity index (χ2v) is 7.95. The lowest BCUT2D eigenvalue weighted by Gasteiger charge is -2.08. The highest BCUT2D eigenvalue weighted by molar-refractivity contribution is 7.89. The smallest absolute Gasteiger partial charge is 0.248 e. The van der Waals surface area contributed by atoms with Gasteiger partial charge in [0, 0.05) is 10.7 Å².